The van der Waals surface area contributed by atoms with Gasteiger partial charge in [0.1, 0.15) is 0 Å². The van der Waals surface area contributed by atoms with Gasteiger partial charge in [-0.15, -0.1) is 0 Å². The average molecular weight is 453 g/mol. The molecule has 0 aromatic carbocycles. The summed E-state index contributed by atoms with van der Waals surface area (Å²) >= 11 is 0. The van der Waals surface area contributed by atoms with Crippen molar-refractivity contribution in [3.8, 4) is 0 Å². The Morgan fingerprint density at radius 2 is 1.03 bits per heavy atom. The number of hydrogen-bond donors (Lipinski definition) is 0. The van der Waals surface area contributed by atoms with Crippen LogP contribution in [0.4, 0.5) is 0 Å². The van der Waals surface area contributed by atoms with E-state index in [-0.39, 0.29) is 5.97 Å². The summed E-state index contributed by atoms with van der Waals surface area (Å²) in [6, 6.07) is 0. The van der Waals surface area contributed by atoms with Crippen LogP contribution in [0.5, 0.6) is 0 Å². The Morgan fingerprint density at radius 1 is 0.594 bits per heavy atom. The first-order valence-corrected chi connectivity index (χ1v) is 14.7. The van der Waals surface area contributed by atoms with Crippen LogP contribution in [0, 0.1) is 17.8 Å². The van der Waals surface area contributed by atoms with Gasteiger partial charge < -0.3 is 4.74 Å². The first-order valence-electron chi connectivity index (χ1n) is 14.7. The van der Waals surface area contributed by atoms with Crippen LogP contribution in [0.1, 0.15) is 163 Å². The topological polar surface area (TPSA) is 26.3 Å². The van der Waals surface area contributed by atoms with Gasteiger partial charge in [-0.05, 0) is 30.6 Å². The van der Waals surface area contributed by atoms with Gasteiger partial charge in [0.05, 0.1) is 6.61 Å². The lowest BCUT2D eigenvalue weighted by Crippen LogP contribution is -2.20. The molecule has 0 aliphatic carbocycles. The van der Waals surface area contributed by atoms with Gasteiger partial charge in [-0.3, -0.25) is 4.79 Å². The second-order valence-electron chi connectivity index (χ2n) is 10.9. The molecule has 0 aliphatic heterocycles. The zero-order valence-electron chi connectivity index (χ0n) is 22.9. The van der Waals surface area contributed by atoms with E-state index in [1.54, 1.807) is 0 Å². The minimum atomic E-state index is 0.0229. The van der Waals surface area contributed by atoms with Crippen molar-refractivity contribution < 1.29 is 9.53 Å². The molecule has 0 radical (unpaired) electrons. The molecule has 0 aromatic heterocycles. The van der Waals surface area contributed by atoms with Gasteiger partial charge in [-0.1, -0.05) is 144 Å². The van der Waals surface area contributed by atoms with Gasteiger partial charge in [0.2, 0.25) is 0 Å². The van der Waals surface area contributed by atoms with E-state index in [4.69, 9.17) is 4.74 Å². The Hall–Kier alpha value is -0.530. The van der Waals surface area contributed by atoms with Crippen molar-refractivity contribution in [2.75, 3.05) is 6.61 Å². The first-order chi connectivity index (χ1) is 15.5. The highest BCUT2D eigenvalue weighted by molar-refractivity contribution is 5.69. The fourth-order valence-electron chi connectivity index (χ4n) is 4.81. The van der Waals surface area contributed by atoms with E-state index in [1.165, 1.54) is 116 Å². The van der Waals surface area contributed by atoms with Crippen LogP contribution >= 0.6 is 0 Å². The molecular weight excluding hydrogens is 392 g/mol. The monoisotopic (exact) mass is 452 g/mol. The van der Waals surface area contributed by atoms with Crippen LogP contribution in [0.25, 0.3) is 0 Å². The minimum absolute atomic E-state index is 0.0229. The fraction of sp³-hybridized carbons (Fsp3) is 0.967. The number of carbonyl (C=O) groups is 1. The molecule has 0 fully saturated rings. The SMILES string of the molecule is CCCC(C)C(CCC)COC(=O)CCCCCCCCCCCCCCCCC(C)C. The third kappa shape index (κ3) is 21.3. The molecule has 0 N–H and O–H groups in total. The van der Waals surface area contributed by atoms with Crippen molar-refractivity contribution in [3.05, 3.63) is 0 Å². The number of carbonyl (C=O) groups excluding carboxylic acids is 1. The normalized spacial score (nSPS) is 13.4. The summed E-state index contributed by atoms with van der Waals surface area (Å²) in [7, 11) is 0. The molecule has 0 saturated carbocycles. The molecule has 2 nitrogen and oxygen atoms in total. The van der Waals surface area contributed by atoms with Crippen molar-refractivity contribution in [3.63, 3.8) is 0 Å². The van der Waals surface area contributed by atoms with E-state index in [0.29, 0.717) is 24.9 Å². The van der Waals surface area contributed by atoms with E-state index in [0.717, 1.165) is 12.3 Å². The van der Waals surface area contributed by atoms with Crippen LogP contribution in [-0.4, -0.2) is 12.6 Å². The molecule has 0 rings (SSSR count). The van der Waals surface area contributed by atoms with E-state index < -0.39 is 0 Å². The second kappa shape index (κ2) is 23.6. The highest BCUT2D eigenvalue weighted by atomic mass is 16.5. The molecule has 2 unspecified atom stereocenters. The number of rotatable bonds is 24. The van der Waals surface area contributed by atoms with Crippen LogP contribution in [0.15, 0.2) is 0 Å². The molecule has 2 atom stereocenters. The van der Waals surface area contributed by atoms with Crippen LogP contribution in [0.3, 0.4) is 0 Å². The average Bonchev–Trinajstić information content (AvgIpc) is 2.76. The molecule has 0 spiro atoms. The quantitative estimate of drug-likeness (QED) is 0.107. The van der Waals surface area contributed by atoms with Gasteiger partial charge in [0.15, 0.2) is 0 Å². The standard InChI is InChI=1S/C30H60O2/c1-6-22-28(5)29(23-7-2)26-32-30(31)25-21-19-17-15-13-11-9-8-10-12-14-16-18-20-24-27(3)4/h27-29H,6-26H2,1-5H3. The highest BCUT2D eigenvalue weighted by Gasteiger charge is 2.17. The second-order valence-corrected chi connectivity index (χ2v) is 10.9. The largest absolute Gasteiger partial charge is 0.465 e. The van der Waals surface area contributed by atoms with Crippen molar-refractivity contribution in [1.29, 1.82) is 0 Å². The number of hydrogen-bond acceptors (Lipinski definition) is 2. The molecule has 0 aliphatic rings. The summed E-state index contributed by atoms with van der Waals surface area (Å²) in [5.41, 5.74) is 0. The van der Waals surface area contributed by atoms with Crippen LogP contribution in [-0.2, 0) is 9.53 Å². The molecule has 32 heavy (non-hydrogen) atoms. The maximum Gasteiger partial charge on any atom is 0.305 e. The van der Waals surface area contributed by atoms with Gasteiger partial charge in [-0.25, -0.2) is 0 Å². The third-order valence-corrected chi connectivity index (χ3v) is 7.08. The van der Waals surface area contributed by atoms with E-state index >= 15 is 0 Å². The fourth-order valence-corrected chi connectivity index (χ4v) is 4.81. The Kier molecular flexibility index (Phi) is 23.2. The van der Waals surface area contributed by atoms with Crippen molar-refractivity contribution in [2.24, 2.45) is 17.8 Å². The van der Waals surface area contributed by atoms with Crippen molar-refractivity contribution in [2.45, 2.75) is 163 Å². The van der Waals surface area contributed by atoms with Gasteiger partial charge in [0, 0.05) is 6.42 Å². The maximum atomic E-state index is 12.1. The zero-order valence-corrected chi connectivity index (χ0v) is 22.9. The lowest BCUT2D eigenvalue weighted by atomic mass is 9.87. The first kappa shape index (κ1) is 31.5. The van der Waals surface area contributed by atoms with Crippen LogP contribution < -0.4 is 0 Å². The molecule has 0 saturated heterocycles. The number of unbranched alkanes of at least 4 members (excludes halogenated alkanes) is 13. The molecule has 0 bridgehead atoms. The Bertz CT molecular complexity index is 390. The van der Waals surface area contributed by atoms with E-state index in [1.807, 2.05) is 0 Å². The van der Waals surface area contributed by atoms with Gasteiger partial charge in [0.25, 0.3) is 0 Å². The van der Waals surface area contributed by atoms with Gasteiger partial charge >= 0.3 is 5.97 Å². The van der Waals surface area contributed by atoms with E-state index in [9.17, 15) is 4.79 Å². The summed E-state index contributed by atoms with van der Waals surface area (Å²) in [5, 5.41) is 0. The Labute approximate surface area is 203 Å². The summed E-state index contributed by atoms with van der Waals surface area (Å²) in [4.78, 5) is 12.1. The lowest BCUT2D eigenvalue weighted by Gasteiger charge is -2.23. The molecular formula is C30H60O2. The summed E-state index contributed by atoms with van der Waals surface area (Å²) < 4.78 is 5.61. The summed E-state index contributed by atoms with van der Waals surface area (Å²) in [5.74, 6) is 2.10. The Balaban J connectivity index is 3.41. The lowest BCUT2D eigenvalue weighted by molar-refractivity contribution is -0.145. The molecule has 2 heteroatoms. The van der Waals surface area contributed by atoms with Crippen LogP contribution in [0.2, 0.25) is 0 Å². The summed E-state index contributed by atoms with van der Waals surface area (Å²) in [6.07, 6.45) is 25.8. The van der Waals surface area contributed by atoms with Crippen molar-refractivity contribution in [1.82, 2.24) is 0 Å². The maximum absolute atomic E-state index is 12.1. The molecule has 0 amide bonds. The predicted molar refractivity (Wildman–Crippen MR) is 142 cm³/mol. The highest BCUT2D eigenvalue weighted by Crippen LogP contribution is 2.23. The molecule has 0 aromatic rings. The predicted octanol–water partition coefficient (Wildman–Crippen LogP) is 10.3. The van der Waals surface area contributed by atoms with E-state index in [2.05, 4.69) is 34.6 Å². The minimum Gasteiger partial charge on any atom is -0.465 e. The molecule has 192 valence electrons. The zero-order chi connectivity index (χ0) is 23.9. The summed E-state index contributed by atoms with van der Waals surface area (Å²) in [6.45, 7) is 12.1. The molecule has 0 heterocycles. The third-order valence-electron chi connectivity index (χ3n) is 7.08. The smallest absolute Gasteiger partial charge is 0.305 e. The number of ether oxygens (including phenoxy) is 1. The number of esters is 1. The van der Waals surface area contributed by atoms with Gasteiger partial charge in [-0.2, -0.15) is 0 Å². The Morgan fingerprint density at radius 3 is 1.47 bits per heavy atom. The van der Waals surface area contributed by atoms with Crippen molar-refractivity contribution >= 4 is 5.97 Å².